The van der Waals surface area contributed by atoms with E-state index in [-0.39, 0.29) is 4.90 Å². The fourth-order valence-corrected chi connectivity index (χ4v) is 1.42. The molecule has 2 atom stereocenters. The van der Waals surface area contributed by atoms with Gasteiger partial charge in [0.2, 0.25) is 0 Å². The summed E-state index contributed by atoms with van der Waals surface area (Å²) in [6.45, 7) is -2.49. The molecule has 1 aliphatic rings. The predicted molar refractivity (Wildman–Crippen MR) is 45.0 cm³/mol. The van der Waals surface area contributed by atoms with Crippen LogP contribution < -0.4 is 0 Å². The molecule has 1 amide bonds. The van der Waals surface area contributed by atoms with Crippen molar-refractivity contribution >= 4 is 11.9 Å². The Morgan fingerprint density at radius 3 is 2.00 bits per heavy atom. The third kappa shape index (κ3) is 3.72. The van der Waals surface area contributed by atoms with Crippen LogP contribution in [0.5, 0.6) is 0 Å². The zero-order valence-electron chi connectivity index (χ0n) is 8.96. The lowest BCUT2D eigenvalue weighted by atomic mass is 10.2. The molecule has 0 bridgehead atoms. The summed E-state index contributed by atoms with van der Waals surface area (Å²) in [5.74, 6) is -4.41. The number of carbonyl (C=O) groups is 2. The van der Waals surface area contributed by atoms with Crippen LogP contribution in [0, 0.1) is 0 Å². The van der Waals surface area contributed by atoms with Gasteiger partial charge in [0.25, 0.3) is 0 Å². The van der Waals surface area contributed by atoms with E-state index in [4.69, 9.17) is 5.11 Å². The molecule has 1 rings (SSSR count). The molecular formula is C8H7F6NO4. The molecule has 0 aromatic rings. The number of hydrogen-bond acceptors (Lipinski definition) is 3. The third-order valence-corrected chi connectivity index (χ3v) is 2.27. The maximum absolute atomic E-state index is 12.4. The minimum absolute atomic E-state index is 0.222. The average Bonchev–Trinajstić information content (AvgIpc) is 2.24. The van der Waals surface area contributed by atoms with Gasteiger partial charge in [-0.15, -0.1) is 0 Å². The minimum Gasteiger partial charge on any atom is -0.479 e. The monoisotopic (exact) mass is 295 g/mol. The van der Waals surface area contributed by atoms with Gasteiger partial charge in [0.15, 0.2) is 12.2 Å². The van der Waals surface area contributed by atoms with Crippen molar-refractivity contribution in [1.82, 2.24) is 4.90 Å². The second-order valence-corrected chi connectivity index (χ2v) is 3.70. The lowest BCUT2D eigenvalue weighted by Crippen LogP contribution is -2.58. The Bertz CT molecular complexity index is 378. The van der Waals surface area contributed by atoms with Crippen LogP contribution in [-0.4, -0.2) is 59.5 Å². The number of morpholine rings is 1. The summed E-state index contributed by atoms with van der Waals surface area (Å²) in [7, 11) is 0. The van der Waals surface area contributed by atoms with Gasteiger partial charge in [-0.25, -0.2) is 4.79 Å². The smallest absolute Gasteiger partial charge is 0.471 e. The highest BCUT2D eigenvalue weighted by molar-refractivity contribution is 5.83. The van der Waals surface area contributed by atoms with Gasteiger partial charge in [-0.05, 0) is 0 Å². The van der Waals surface area contributed by atoms with Crippen LogP contribution in [-0.2, 0) is 14.3 Å². The fraction of sp³-hybridized carbons (Fsp3) is 0.750. The molecule has 0 aromatic carbocycles. The summed E-state index contributed by atoms with van der Waals surface area (Å²) in [6, 6.07) is 0. The Morgan fingerprint density at radius 1 is 1.11 bits per heavy atom. The van der Waals surface area contributed by atoms with Crippen molar-refractivity contribution in [2.45, 2.75) is 24.6 Å². The van der Waals surface area contributed by atoms with Gasteiger partial charge in [0.05, 0.1) is 13.1 Å². The number of alkyl halides is 6. The number of carbonyl (C=O) groups excluding carboxylic acids is 1. The molecule has 1 fully saturated rings. The van der Waals surface area contributed by atoms with Crippen LogP contribution in [0.3, 0.4) is 0 Å². The Hall–Kier alpha value is -1.52. The zero-order chi connectivity index (χ0) is 15.0. The molecule has 1 N–H and O–H groups in total. The lowest BCUT2D eigenvalue weighted by molar-refractivity contribution is -0.257. The molecule has 11 heteroatoms. The van der Waals surface area contributed by atoms with Gasteiger partial charge in [0, 0.05) is 0 Å². The average molecular weight is 295 g/mol. The highest BCUT2D eigenvalue weighted by atomic mass is 19.4. The van der Waals surface area contributed by atoms with Crippen LogP contribution in [0.15, 0.2) is 0 Å². The number of aliphatic carboxylic acids is 1. The summed E-state index contributed by atoms with van der Waals surface area (Å²) in [4.78, 5) is 21.2. The van der Waals surface area contributed by atoms with Crippen LogP contribution in [0.1, 0.15) is 0 Å². The van der Waals surface area contributed by atoms with Crippen molar-refractivity contribution in [2.24, 2.45) is 0 Å². The van der Waals surface area contributed by atoms with E-state index in [1.54, 1.807) is 0 Å². The largest absolute Gasteiger partial charge is 0.479 e. The standard InChI is InChI=1S/C8H7F6NO4/c9-7(10,11)4-2-15(6(18)8(12,13)14)1-3(19-4)5(16)17/h3-4H,1-2H2,(H,16,17). The van der Waals surface area contributed by atoms with E-state index in [0.29, 0.717) is 0 Å². The van der Waals surface area contributed by atoms with Gasteiger partial charge in [-0.3, -0.25) is 4.79 Å². The van der Waals surface area contributed by atoms with E-state index in [1.807, 2.05) is 0 Å². The number of rotatable bonds is 1. The number of amides is 1. The van der Waals surface area contributed by atoms with Crippen LogP contribution in [0.4, 0.5) is 26.3 Å². The van der Waals surface area contributed by atoms with Crippen LogP contribution in [0.25, 0.3) is 0 Å². The number of carboxylic acids is 1. The highest BCUT2D eigenvalue weighted by Crippen LogP contribution is 2.29. The van der Waals surface area contributed by atoms with Crippen molar-refractivity contribution in [3.63, 3.8) is 0 Å². The Balaban J connectivity index is 2.94. The lowest BCUT2D eigenvalue weighted by Gasteiger charge is -2.37. The molecule has 1 heterocycles. The quantitative estimate of drug-likeness (QED) is 0.726. The molecule has 1 saturated heterocycles. The second kappa shape index (κ2) is 4.87. The SMILES string of the molecule is O=C(O)C1CN(C(=O)C(F)(F)F)CC(C(F)(F)F)O1. The first-order chi connectivity index (χ1) is 8.43. The van der Waals surface area contributed by atoms with Crippen molar-refractivity contribution in [1.29, 1.82) is 0 Å². The molecule has 0 radical (unpaired) electrons. The Morgan fingerprint density at radius 2 is 1.63 bits per heavy atom. The van der Waals surface area contributed by atoms with Crippen molar-refractivity contribution in [3.8, 4) is 0 Å². The first kappa shape index (κ1) is 15.5. The summed E-state index contributed by atoms with van der Waals surface area (Å²) < 4.78 is 77.6. The van der Waals surface area contributed by atoms with E-state index in [2.05, 4.69) is 4.74 Å². The summed E-state index contributed by atoms with van der Waals surface area (Å²) in [6.07, 6.45) is -15.4. The zero-order valence-corrected chi connectivity index (χ0v) is 8.96. The van der Waals surface area contributed by atoms with Crippen molar-refractivity contribution in [2.75, 3.05) is 13.1 Å². The number of halogens is 6. The topological polar surface area (TPSA) is 66.8 Å². The van der Waals surface area contributed by atoms with Gasteiger partial charge in [-0.2, -0.15) is 26.3 Å². The molecular weight excluding hydrogens is 288 g/mol. The van der Waals surface area contributed by atoms with Crippen molar-refractivity contribution < 1.29 is 45.8 Å². The van der Waals surface area contributed by atoms with Crippen molar-refractivity contribution in [3.05, 3.63) is 0 Å². The molecule has 0 aliphatic carbocycles. The second-order valence-electron chi connectivity index (χ2n) is 3.70. The van der Waals surface area contributed by atoms with Gasteiger partial charge < -0.3 is 14.7 Å². The maximum atomic E-state index is 12.4. The molecule has 5 nitrogen and oxygen atoms in total. The Labute approximate surface area is 101 Å². The van der Waals surface area contributed by atoms with Gasteiger partial charge in [-0.1, -0.05) is 0 Å². The first-order valence-electron chi connectivity index (χ1n) is 4.74. The summed E-state index contributed by atoms with van der Waals surface area (Å²) in [5, 5.41) is 8.51. The van der Waals surface area contributed by atoms with E-state index < -0.39 is 49.5 Å². The van der Waals surface area contributed by atoms with Crippen LogP contribution >= 0.6 is 0 Å². The molecule has 2 unspecified atom stereocenters. The molecule has 0 aromatic heterocycles. The van der Waals surface area contributed by atoms with E-state index >= 15 is 0 Å². The molecule has 0 saturated carbocycles. The molecule has 19 heavy (non-hydrogen) atoms. The van der Waals surface area contributed by atoms with Crippen LogP contribution in [0.2, 0.25) is 0 Å². The fourth-order valence-electron chi connectivity index (χ4n) is 1.42. The number of ether oxygens (including phenoxy) is 1. The highest BCUT2D eigenvalue weighted by Gasteiger charge is 2.52. The van der Waals surface area contributed by atoms with E-state index in [1.165, 1.54) is 0 Å². The Kier molecular flexibility index (Phi) is 3.98. The normalized spacial score (nSPS) is 25.3. The maximum Gasteiger partial charge on any atom is 0.471 e. The summed E-state index contributed by atoms with van der Waals surface area (Å²) >= 11 is 0. The predicted octanol–water partition coefficient (Wildman–Crippen LogP) is 0.792. The summed E-state index contributed by atoms with van der Waals surface area (Å²) in [5.41, 5.74) is 0. The van der Waals surface area contributed by atoms with E-state index in [9.17, 15) is 35.9 Å². The number of carboxylic acid groups (broad SMARTS) is 1. The number of nitrogens with zero attached hydrogens (tertiary/aromatic N) is 1. The number of hydrogen-bond donors (Lipinski definition) is 1. The first-order valence-corrected chi connectivity index (χ1v) is 4.74. The van der Waals surface area contributed by atoms with Gasteiger partial charge in [0.1, 0.15) is 0 Å². The third-order valence-electron chi connectivity index (χ3n) is 2.27. The molecule has 1 aliphatic heterocycles. The molecule has 110 valence electrons. The minimum atomic E-state index is -5.38. The van der Waals surface area contributed by atoms with Gasteiger partial charge >= 0.3 is 24.2 Å². The van der Waals surface area contributed by atoms with E-state index in [0.717, 1.165) is 0 Å². The molecule has 0 spiro atoms.